The minimum absolute atomic E-state index is 0.357. The van der Waals surface area contributed by atoms with Crippen LogP contribution in [-0.4, -0.2) is 17.5 Å². The molecular weight excluding hydrogens is 2160 g/mol. The van der Waals surface area contributed by atoms with Crippen molar-refractivity contribution in [2.75, 3.05) is 0 Å². The highest BCUT2D eigenvalue weighted by molar-refractivity contribution is 9.11. The van der Waals surface area contributed by atoms with Gasteiger partial charge in [0, 0.05) is 85.9 Å². The van der Waals surface area contributed by atoms with Crippen LogP contribution in [0.2, 0.25) is 0 Å². The van der Waals surface area contributed by atoms with E-state index < -0.39 is 0 Å². The first-order valence-electron chi connectivity index (χ1n) is 59.3. The molecule has 10 aromatic heterocycles. The highest BCUT2D eigenvalue weighted by Gasteiger charge is 2.50. The molecule has 0 spiro atoms. The standard InChI is InChI=1S/C66H96N2O2S5.C64H90Br2N2O2S5/c1-41(2)19-15-23-45(9)29-33-65(34-30-46(10)24-16-20-42(3)4)53-39-57(73-61(53)63-55(69-65)37-49(13)71-63)51-27-28-52(60-59(51)67-75-68-60)58-40-54-62(74-58)64-56(38-50(14)72-64)70-66(54,35-31-47(11)25-17-21-43(5)6)36-32-48(12)26-18-22-44(7)8;1-39(2)17-13-21-43(9)27-31-63(32-28-44(10)22-14-18-40(3)4)49-35-53(71-59(49)61-51(69-63)37-55(65)73-61)47-25-26-48(58-57(47)67-75-68-58)54-36-50-60(72-54)62-52(38-56(66)74-62)70-64(50,33-29-45(11)23-15-19-41(5)6)34-30-46(12)24-16-20-42(7)8/h27-28,37-48H,15-26,29-36H2,1-14H3;25-26,35-46H,13-24,27-34H2,1-12H3. The van der Waals surface area contributed by atoms with Gasteiger partial charge in [-0.1, -0.05) is 345 Å². The van der Waals surface area contributed by atoms with Crippen LogP contribution >= 0.6 is 146 Å². The van der Waals surface area contributed by atoms with Crippen molar-refractivity contribution >= 4 is 168 Å². The maximum Gasteiger partial charge on any atom is 0.141 e. The zero-order valence-electron chi connectivity index (χ0n) is 96.7. The number of benzene rings is 2. The van der Waals surface area contributed by atoms with E-state index in [-0.39, 0.29) is 22.4 Å². The number of rotatable bonds is 60. The molecule has 20 heteroatoms. The summed E-state index contributed by atoms with van der Waals surface area (Å²) in [5.74, 6) is 15.6. The Balaban J connectivity index is 0.000000224. The van der Waals surface area contributed by atoms with E-state index in [9.17, 15) is 0 Å². The Labute approximate surface area is 965 Å². The van der Waals surface area contributed by atoms with Gasteiger partial charge in [-0.15, -0.1) is 90.7 Å². The highest BCUT2D eigenvalue weighted by atomic mass is 79.9. The molecule has 4 aliphatic rings. The van der Waals surface area contributed by atoms with Crippen LogP contribution in [-0.2, 0) is 22.4 Å². The number of aromatic nitrogens is 4. The Hall–Kier alpha value is -4.16. The highest BCUT2D eigenvalue weighted by Crippen LogP contribution is 2.65. The van der Waals surface area contributed by atoms with Crippen LogP contribution in [0.15, 0.2) is 80.4 Å². The van der Waals surface area contributed by atoms with Gasteiger partial charge in [0.25, 0.3) is 0 Å². The minimum atomic E-state index is -0.381. The number of aryl methyl sites for hydroxylation is 2. The van der Waals surface area contributed by atoms with Crippen molar-refractivity contribution < 1.29 is 18.9 Å². The normalized spacial score (nSPS) is 18.9. The number of nitrogens with zero attached hydrogens (tertiary/aromatic N) is 4. The molecular formula is C130H186Br2N4O4S10. The van der Waals surface area contributed by atoms with Gasteiger partial charge in [-0.25, -0.2) is 0 Å². The molecule has 8 unspecified atom stereocenters. The topological polar surface area (TPSA) is 88.5 Å². The van der Waals surface area contributed by atoms with Crippen LogP contribution in [0.1, 0.15) is 455 Å². The molecule has 0 saturated heterocycles. The number of fused-ring (bicyclic) bond motifs is 14. The molecule has 8 nitrogen and oxygen atoms in total. The lowest BCUT2D eigenvalue weighted by molar-refractivity contribution is 0.0322. The Bertz CT molecular complexity index is 5410. The van der Waals surface area contributed by atoms with Gasteiger partial charge in [0.15, 0.2) is 0 Å². The number of ether oxygens (including phenoxy) is 4. The fourth-order valence-electron chi connectivity index (χ4n) is 24.3. The van der Waals surface area contributed by atoms with Crippen molar-refractivity contribution in [3.8, 4) is 104 Å². The first-order valence-corrected chi connectivity index (χ1v) is 68.9. The molecule has 0 saturated carbocycles. The molecule has 824 valence electrons. The average Bonchev–Trinajstić information content (AvgIpc) is 1.57. The van der Waals surface area contributed by atoms with Crippen LogP contribution in [0, 0.1) is 109 Å². The van der Waals surface area contributed by atoms with Gasteiger partial charge in [0.1, 0.15) is 67.5 Å². The molecule has 14 heterocycles. The number of halogens is 2. The van der Waals surface area contributed by atoms with Gasteiger partial charge < -0.3 is 18.9 Å². The molecule has 0 amide bonds. The van der Waals surface area contributed by atoms with E-state index in [2.05, 4.69) is 285 Å². The van der Waals surface area contributed by atoms with Gasteiger partial charge in [0.05, 0.1) is 70.0 Å². The summed E-state index contributed by atoms with van der Waals surface area (Å²) in [7, 11) is 0. The summed E-state index contributed by atoms with van der Waals surface area (Å²) in [6.07, 6.45) is 48.8. The SMILES string of the molecule is CC(C)CCCC(C)CCC1(CCC(C)CCCC(C)C)Oc2cc(Br)sc2-c2sc(-c3ccc(-c4cc5c(s4)-c4sc(Br)cc4OC5(CCC(C)CCCC(C)C)CCC(C)CCCC(C)C)c4nsnc34)cc21.Cc1cc2c(s1)-c1sc(-c3ccc(-c4cc5c(s4)-c4sc(C)cc4OC5(CCC(C)CCCC(C)C)CCC(C)CCCC(C)C)c4nsnc34)cc1C(CCC(C)CCCC(C)C)(CCC(C)CCCC(C)C)O2. The molecule has 16 rings (SSSR count). The summed E-state index contributed by atoms with van der Waals surface area (Å²) < 4.78 is 53.0. The molecule has 150 heavy (non-hydrogen) atoms. The van der Waals surface area contributed by atoms with Crippen LogP contribution in [0.5, 0.6) is 23.0 Å². The lowest BCUT2D eigenvalue weighted by Gasteiger charge is -2.39. The Kier molecular flexibility index (Phi) is 43.8. The molecule has 2 aromatic carbocycles. The van der Waals surface area contributed by atoms with Gasteiger partial charge >= 0.3 is 0 Å². The van der Waals surface area contributed by atoms with Crippen molar-refractivity contribution in [1.82, 2.24) is 17.5 Å². The van der Waals surface area contributed by atoms with Crippen molar-refractivity contribution in [3.05, 3.63) is 112 Å². The van der Waals surface area contributed by atoms with E-state index >= 15 is 0 Å². The summed E-state index contributed by atoms with van der Waals surface area (Å²) in [5.41, 5.74) is 12.9. The summed E-state index contributed by atoms with van der Waals surface area (Å²) in [4.78, 5) is 18.5. The fraction of sp³-hybridized carbons (Fsp3) is 0.662. The Morgan fingerprint density at radius 1 is 0.220 bits per heavy atom. The van der Waals surface area contributed by atoms with Crippen molar-refractivity contribution in [2.45, 2.75) is 459 Å². The molecule has 8 atom stereocenters. The third-order valence-corrected chi connectivity index (χ3v) is 45.7. The van der Waals surface area contributed by atoms with E-state index in [0.29, 0.717) is 47.3 Å². The Morgan fingerprint density at radius 3 is 0.587 bits per heavy atom. The monoisotopic (exact) mass is 2350 g/mol. The van der Waals surface area contributed by atoms with Crippen molar-refractivity contribution in [1.29, 1.82) is 0 Å². The van der Waals surface area contributed by atoms with Gasteiger partial charge in [-0.3, -0.25) is 0 Å². The third-order valence-electron chi connectivity index (χ3n) is 34.0. The van der Waals surface area contributed by atoms with Crippen LogP contribution in [0.4, 0.5) is 0 Å². The van der Waals surface area contributed by atoms with Crippen LogP contribution in [0.25, 0.3) is 103 Å². The first kappa shape index (κ1) is 120. The molecule has 0 bridgehead atoms. The maximum atomic E-state index is 7.53. The number of hydrogen-bond donors (Lipinski definition) is 0. The smallest absolute Gasteiger partial charge is 0.141 e. The lowest BCUT2D eigenvalue weighted by Crippen LogP contribution is -2.36. The van der Waals surface area contributed by atoms with E-state index in [4.69, 9.17) is 36.4 Å². The van der Waals surface area contributed by atoms with Crippen LogP contribution < -0.4 is 18.9 Å². The predicted molar refractivity (Wildman–Crippen MR) is 672 cm³/mol. The van der Waals surface area contributed by atoms with Gasteiger partial charge in [-0.05, 0) is 280 Å². The van der Waals surface area contributed by atoms with E-state index in [0.717, 1.165) is 177 Å². The molecule has 4 aliphatic heterocycles. The molecule has 12 aromatic rings. The molecule has 0 fully saturated rings. The molecule has 0 aliphatic carbocycles. The van der Waals surface area contributed by atoms with E-state index in [1.165, 1.54) is 316 Å². The van der Waals surface area contributed by atoms with Crippen LogP contribution in [0.3, 0.4) is 0 Å². The second-order valence-electron chi connectivity index (χ2n) is 51.4. The zero-order valence-corrected chi connectivity index (χ0v) is 108. The first-order chi connectivity index (χ1) is 71.7. The van der Waals surface area contributed by atoms with Crippen molar-refractivity contribution in [3.63, 3.8) is 0 Å². The minimum Gasteiger partial charge on any atom is -0.481 e. The molecule has 0 N–H and O–H groups in total. The summed E-state index contributed by atoms with van der Waals surface area (Å²) in [5, 5.41) is 0. The van der Waals surface area contributed by atoms with Gasteiger partial charge in [0.2, 0.25) is 0 Å². The van der Waals surface area contributed by atoms with Gasteiger partial charge in [-0.2, -0.15) is 17.5 Å². The summed E-state index contributed by atoms with van der Waals surface area (Å²) in [6.45, 7) is 62.1. The largest absolute Gasteiger partial charge is 0.481 e. The average molecular weight is 2350 g/mol. The quantitative estimate of drug-likeness (QED) is 0.0373. The number of thiophene rings is 8. The van der Waals surface area contributed by atoms with E-state index in [1.807, 2.05) is 90.7 Å². The maximum absolute atomic E-state index is 7.53. The lowest BCUT2D eigenvalue weighted by atomic mass is 9.78. The third kappa shape index (κ3) is 30.6. The fourth-order valence-corrected chi connectivity index (χ4v) is 36.0. The molecule has 0 radical (unpaired) electrons. The van der Waals surface area contributed by atoms with Crippen molar-refractivity contribution in [2.24, 2.45) is 94.7 Å². The predicted octanol–water partition coefficient (Wildman–Crippen LogP) is 47.6. The number of hydrogen-bond acceptors (Lipinski definition) is 18. The second-order valence-corrected chi connectivity index (χ2v) is 64.0. The Morgan fingerprint density at radius 2 is 0.400 bits per heavy atom. The summed E-state index contributed by atoms with van der Waals surface area (Å²) in [6, 6.07) is 28.8. The second kappa shape index (κ2) is 54.8. The van der Waals surface area contributed by atoms with E-state index in [1.54, 1.807) is 0 Å². The summed E-state index contributed by atoms with van der Waals surface area (Å²) >= 11 is 25.8. The zero-order chi connectivity index (χ0) is 107.